The molecule has 3 aliphatic rings. The Morgan fingerprint density at radius 1 is 0.957 bits per heavy atom. The summed E-state index contributed by atoms with van der Waals surface area (Å²) in [6.07, 6.45) is 5.60. The number of nitrogens with two attached hydrogens (primary N) is 1. The summed E-state index contributed by atoms with van der Waals surface area (Å²) in [6, 6.07) is -3.54. The number of rotatable bonds is 16. The second-order valence-electron chi connectivity index (χ2n) is 15.5. The van der Waals surface area contributed by atoms with Gasteiger partial charge in [-0.3, -0.25) is 14.4 Å². The topological polar surface area (TPSA) is 177 Å². The summed E-state index contributed by atoms with van der Waals surface area (Å²) < 4.78 is 5.93. The first-order valence-electron chi connectivity index (χ1n) is 17.1. The third-order valence-electron chi connectivity index (χ3n) is 9.66. The normalized spacial score (nSPS) is 22.6. The molecular formula is C34H57N5O7. The van der Waals surface area contributed by atoms with Crippen LogP contribution in [0.2, 0.25) is 0 Å². The molecule has 1 aliphatic heterocycles. The van der Waals surface area contributed by atoms with Gasteiger partial charge in [-0.05, 0) is 73.5 Å². The number of carbonyl (C=O) groups is 6. The van der Waals surface area contributed by atoms with E-state index in [-0.39, 0.29) is 43.2 Å². The third kappa shape index (κ3) is 9.44. The number of urea groups is 1. The van der Waals surface area contributed by atoms with Crippen LogP contribution in [-0.2, 0) is 28.7 Å². The molecular weight excluding hydrogens is 590 g/mol. The average Bonchev–Trinajstić information content (AvgIpc) is 3.89. The fraction of sp³-hybridized carbons (Fsp3) is 0.824. The minimum atomic E-state index is -1.48. The van der Waals surface area contributed by atoms with Crippen LogP contribution in [0.25, 0.3) is 0 Å². The third-order valence-corrected chi connectivity index (χ3v) is 9.66. The first-order valence-corrected chi connectivity index (χ1v) is 17.1. The number of ether oxygens (including phenoxy) is 1. The standard InChI is InChI=1S/C34H57N5O7/c1-9-15-34(18-40,17-24(35)41)38-29(42)26-23(19(2)3)14-16-39(26)30(43)28(33(6,7)8)37-32(45)36-25(20(4)5)31(44)46-27(21-10-11-21)22-12-13-22/h18-23,25-28H,9-17H2,1-8H3,(H2,35,41)(H,38,42)(H2,36,37,45)/t23-,25+,26+,28-,34?/m1/s1. The quantitative estimate of drug-likeness (QED) is 0.147. The van der Waals surface area contributed by atoms with E-state index < -0.39 is 58.8 Å². The molecule has 46 heavy (non-hydrogen) atoms. The number of hydrogen-bond acceptors (Lipinski definition) is 7. The van der Waals surface area contributed by atoms with Crippen molar-refractivity contribution < 1.29 is 33.5 Å². The zero-order valence-corrected chi connectivity index (χ0v) is 29.0. The zero-order valence-electron chi connectivity index (χ0n) is 29.0. The van der Waals surface area contributed by atoms with Gasteiger partial charge in [-0.1, -0.05) is 61.8 Å². The Bertz CT molecular complexity index is 1130. The molecule has 12 heteroatoms. The first-order chi connectivity index (χ1) is 21.4. The Morgan fingerprint density at radius 2 is 1.54 bits per heavy atom. The Morgan fingerprint density at radius 3 is 1.98 bits per heavy atom. The molecule has 0 spiro atoms. The van der Waals surface area contributed by atoms with Gasteiger partial charge in [0.05, 0.1) is 6.42 Å². The van der Waals surface area contributed by atoms with Crippen molar-refractivity contribution in [2.24, 2.45) is 40.7 Å². The summed E-state index contributed by atoms with van der Waals surface area (Å²) in [5.41, 5.74) is 3.20. The maximum absolute atomic E-state index is 14.3. The molecule has 0 aromatic rings. The Hall–Kier alpha value is -3.18. The highest BCUT2D eigenvalue weighted by Crippen LogP contribution is 2.46. The number of hydrogen-bond donors (Lipinski definition) is 4. The lowest BCUT2D eigenvalue weighted by molar-refractivity contribution is -0.155. The van der Waals surface area contributed by atoms with Gasteiger partial charge in [0, 0.05) is 6.54 Å². The van der Waals surface area contributed by atoms with Gasteiger partial charge in [0.1, 0.15) is 36.1 Å². The predicted octanol–water partition coefficient (Wildman–Crippen LogP) is 3.06. The molecule has 2 aliphatic carbocycles. The number of aldehydes is 1. The highest BCUT2D eigenvalue weighted by Gasteiger charge is 2.49. The number of likely N-dealkylation sites (tertiary alicyclic amines) is 1. The van der Waals surface area contributed by atoms with Crippen LogP contribution in [0.5, 0.6) is 0 Å². The van der Waals surface area contributed by atoms with Gasteiger partial charge < -0.3 is 36.1 Å². The van der Waals surface area contributed by atoms with E-state index in [1.807, 2.05) is 55.4 Å². The van der Waals surface area contributed by atoms with Crippen LogP contribution in [0, 0.1) is 35.0 Å². The molecule has 0 aromatic heterocycles. The predicted molar refractivity (Wildman–Crippen MR) is 173 cm³/mol. The van der Waals surface area contributed by atoms with Gasteiger partial charge in [-0.25, -0.2) is 9.59 Å². The van der Waals surface area contributed by atoms with Crippen LogP contribution in [0.3, 0.4) is 0 Å². The second kappa shape index (κ2) is 15.2. The van der Waals surface area contributed by atoms with Crippen molar-refractivity contribution in [1.29, 1.82) is 0 Å². The van der Waals surface area contributed by atoms with Crippen LogP contribution in [0.15, 0.2) is 0 Å². The van der Waals surface area contributed by atoms with Crippen LogP contribution < -0.4 is 21.7 Å². The van der Waals surface area contributed by atoms with Crippen molar-refractivity contribution in [2.45, 2.75) is 137 Å². The molecule has 5 atom stereocenters. The van der Waals surface area contributed by atoms with Crippen LogP contribution >= 0.6 is 0 Å². The molecule has 0 aromatic carbocycles. The molecule has 0 bridgehead atoms. The SMILES string of the molecule is CCCC(C=O)(CC(N)=O)NC(=O)[C@@H]1[C@@H](C(C)C)CCN1C(=O)[C@@H](NC(=O)N[C@H](C(=O)OC(C1CC1)C1CC1)C(C)C)C(C)(C)C. The van der Waals surface area contributed by atoms with Gasteiger partial charge in [-0.15, -0.1) is 0 Å². The van der Waals surface area contributed by atoms with Gasteiger partial charge >= 0.3 is 12.0 Å². The molecule has 3 rings (SSSR count). The molecule has 3 fully saturated rings. The summed E-state index contributed by atoms with van der Waals surface area (Å²) in [6.45, 7) is 15.2. The number of esters is 1. The maximum Gasteiger partial charge on any atom is 0.329 e. The van der Waals surface area contributed by atoms with Crippen molar-refractivity contribution in [1.82, 2.24) is 20.9 Å². The number of nitrogens with zero attached hydrogens (tertiary/aromatic N) is 1. The lowest BCUT2D eigenvalue weighted by atomic mass is 9.84. The summed E-state index contributed by atoms with van der Waals surface area (Å²) in [5, 5.41) is 8.35. The smallest absolute Gasteiger partial charge is 0.329 e. The molecule has 1 heterocycles. The van der Waals surface area contributed by atoms with E-state index in [1.54, 1.807) is 0 Å². The summed E-state index contributed by atoms with van der Waals surface area (Å²) >= 11 is 0. The van der Waals surface area contributed by atoms with E-state index in [0.717, 1.165) is 25.7 Å². The molecule has 1 unspecified atom stereocenters. The minimum Gasteiger partial charge on any atom is -0.460 e. The van der Waals surface area contributed by atoms with E-state index in [1.165, 1.54) is 4.90 Å². The van der Waals surface area contributed by atoms with E-state index in [0.29, 0.717) is 31.0 Å². The number of carbonyl (C=O) groups excluding carboxylic acids is 6. The van der Waals surface area contributed by atoms with Gasteiger partial charge in [0.15, 0.2) is 0 Å². The zero-order chi connectivity index (χ0) is 34.6. The van der Waals surface area contributed by atoms with E-state index in [2.05, 4.69) is 16.0 Å². The van der Waals surface area contributed by atoms with Crippen molar-refractivity contribution in [2.75, 3.05) is 6.54 Å². The van der Waals surface area contributed by atoms with Gasteiger partial charge in [0.25, 0.3) is 0 Å². The lowest BCUT2D eigenvalue weighted by Crippen LogP contribution is -2.63. The van der Waals surface area contributed by atoms with Crippen LogP contribution in [0.4, 0.5) is 4.79 Å². The van der Waals surface area contributed by atoms with Crippen molar-refractivity contribution in [3.8, 4) is 0 Å². The largest absolute Gasteiger partial charge is 0.460 e. The minimum absolute atomic E-state index is 0.0266. The monoisotopic (exact) mass is 647 g/mol. The molecule has 0 radical (unpaired) electrons. The van der Waals surface area contributed by atoms with Crippen LogP contribution in [-0.4, -0.2) is 77.2 Å². The highest BCUT2D eigenvalue weighted by molar-refractivity contribution is 5.95. The average molecular weight is 648 g/mol. The second-order valence-corrected chi connectivity index (χ2v) is 15.5. The Kier molecular flexibility index (Phi) is 12.3. The number of amides is 5. The Balaban J connectivity index is 1.80. The molecule has 2 saturated carbocycles. The Labute approximate surface area is 274 Å². The molecule has 12 nitrogen and oxygen atoms in total. The highest BCUT2D eigenvalue weighted by atomic mass is 16.5. The molecule has 5 amide bonds. The van der Waals surface area contributed by atoms with Crippen LogP contribution in [0.1, 0.15) is 107 Å². The first kappa shape index (κ1) is 37.3. The summed E-state index contributed by atoms with van der Waals surface area (Å²) in [7, 11) is 0. The van der Waals surface area contributed by atoms with Gasteiger partial charge in [0.2, 0.25) is 17.7 Å². The van der Waals surface area contributed by atoms with Crippen molar-refractivity contribution in [3.63, 3.8) is 0 Å². The summed E-state index contributed by atoms with van der Waals surface area (Å²) in [5.74, 6) is -1.81. The lowest BCUT2D eigenvalue weighted by Gasteiger charge is -2.38. The molecule has 260 valence electrons. The van der Waals surface area contributed by atoms with Crippen molar-refractivity contribution in [3.05, 3.63) is 0 Å². The number of nitrogens with one attached hydrogen (secondary N) is 3. The van der Waals surface area contributed by atoms with Gasteiger partial charge in [-0.2, -0.15) is 0 Å². The molecule has 5 N–H and O–H groups in total. The van der Waals surface area contributed by atoms with E-state index >= 15 is 0 Å². The maximum atomic E-state index is 14.3. The van der Waals surface area contributed by atoms with E-state index in [9.17, 15) is 28.8 Å². The number of primary amides is 1. The van der Waals surface area contributed by atoms with Crippen molar-refractivity contribution >= 4 is 36.0 Å². The van der Waals surface area contributed by atoms with E-state index in [4.69, 9.17) is 10.5 Å². The fourth-order valence-electron chi connectivity index (χ4n) is 6.76. The fourth-order valence-corrected chi connectivity index (χ4v) is 6.76. The molecule has 1 saturated heterocycles. The summed E-state index contributed by atoms with van der Waals surface area (Å²) in [4.78, 5) is 80.4.